The Bertz CT molecular complexity index is 735. The molecular weight excluding hydrogens is 290 g/mol. The highest BCUT2D eigenvalue weighted by Gasteiger charge is 2.17. The van der Waals surface area contributed by atoms with Crippen molar-refractivity contribution in [2.75, 3.05) is 11.9 Å². The first-order chi connectivity index (χ1) is 10.8. The average molecular weight is 311 g/mol. The zero-order valence-corrected chi connectivity index (χ0v) is 13.8. The Morgan fingerprint density at radius 3 is 2.22 bits per heavy atom. The number of aryl methyl sites for hydroxylation is 2. The molecule has 0 bridgehead atoms. The van der Waals surface area contributed by atoms with Crippen molar-refractivity contribution < 1.29 is 14.7 Å². The minimum atomic E-state index is -0.863. The fraction of sp³-hybridized carbons (Fsp3) is 0.263. The maximum Gasteiger partial charge on any atom is 0.310 e. The first-order valence-electron chi connectivity index (χ1n) is 7.49. The van der Waals surface area contributed by atoms with Crippen molar-refractivity contribution in [1.29, 1.82) is 0 Å². The van der Waals surface area contributed by atoms with Crippen LogP contribution in [-0.4, -0.2) is 24.0 Å². The summed E-state index contributed by atoms with van der Waals surface area (Å²) in [6, 6.07) is 12.9. The maximum atomic E-state index is 12.7. The number of rotatable bonds is 4. The molecule has 0 aliphatic carbocycles. The van der Waals surface area contributed by atoms with Gasteiger partial charge in [0, 0.05) is 18.3 Å². The molecule has 1 amide bonds. The number of anilines is 1. The maximum absolute atomic E-state index is 12.7. The Morgan fingerprint density at radius 2 is 1.65 bits per heavy atom. The lowest BCUT2D eigenvalue weighted by molar-refractivity contribution is -0.138. The third kappa shape index (κ3) is 3.59. The Morgan fingerprint density at radius 1 is 1.04 bits per heavy atom. The van der Waals surface area contributed by atoms with Crippen LogP contribution in [0.15, 0.2) is 42.5 Å². The van der Waals surface area contributed by atoms with Crippen molar-refractivity contribution in [2.24, 2.45) is 0 Å². The number of carbonyl (C=O) groups is 2. The molecule has 0 heterocycles. The number of benzene rings is 2. The molecule has 0 spiro atoms. The Kier molecular flexibility index (Phi) is 4.84. The number of amides is 1. The molecule has 0 aliphatic heterocycles. The number of carbonyl (C=O) groups excluding carboxylic acids is 1. The molecular formula is C19H21NO3. The summed E-state index contributed by atoms with van der Waals surface area (Å²) in [7, 11) is 1.72. The molecule has 4 nitrogen and oxygen atoms in total. The highest BCUT2D eigenvalue weighted by molar-refractivity contribution is 6.06. The summed E-state index contributed by atoms with van der Waals surface area (Å²) in [6.07, 6.45) is 0. The van der Waals surface area contributed by atoms with Gasteiger partial charge >= 0.3 is 5.97 Å². The lowest BCUT2D eigenvalue weighted by Gasteiger charge is -2.19. The monoisotopic (exact) mass is 311 g/mol. The van der Waals surface area contributed by atoms with Gasteiger partial charge < -0.3 is 10.0 Å². The highest BCUT2D eigenvalue weighted by Crippen LogP contribution is 2.22. The number of carboxylic acid groups (broad SMARTS) is 1. The van der Waals surface area contributed by atoms with E-state index in [0.717, 1.165) is 16.8 Å². The summed E-state index contributed by atoms with van der Waals surface area (Å²) in [5, 5.41) is 9.04. The molecule has 1 N–H and O–H groups in total. The van der Waals surface area contributed by atoms with Gasteiger partial charge in [0.1, 0.15) is 0 Å². The number of nitrogens with zero attached hydrogens (tertiary/aromatic N) is 1. The average Bonchev–Trinajstić information content (AvgIpc) is 2.55. The first kappa shape index (κ1) is 16.7. The molecule has 23 heavy (non-hydrogen) atoms. The SMILES string of the molecule is Cc1ccc(C)c(C(=O)N(C)c2ccc(C(C)C(=O)O)cc2)c1. The molecule has 1 atom stereocenters. The first-order valence-corrected chi connectivity index (χ1v) is 7.49. The molecule has 0 saturated carbocycles. The Balaban J connectivity index is 2.26. The summed E-state index contributed by atoms with van der Waals surface area (Å²) in [5.41, 5.74) is 4.10. The van der Waals surface area contributed by atoms with E-state index >= 15 is 0 Å². The third-order valence-electron chi connectivity index (χ3n) is 4.08. The van der Waals surface area contributed by atoms with E-state index in [1.54, 1.807) is 43.1 Å². The van der Waals surface area contributed by atoms with Crippen molar-refractivity contribution >= 4 is 17.6 Å². The fourth-order valence-electron chi connectivity index (χ4n) is 2.39. The molecule has 0 radical (unpaired) electrons. The fourth-order valence-corrected chi connectivity index (χ4v) is 2.39. The lowest BCUT2D eigenvalue weighted by atomic mass is 10.0. The zero-order chi connectivity index (χ0) is 17.1. The normalized spacial score (nSPS) is 11.8. The highest BCUT2D eigenvalue weighted by atomic mass is 16.4. The van der Waals surface area contributed by atoms with Crippen LogP contribution in [0.3, 0.4) is 0 Å². The summed E-state index contributed by atoms with van der Waals surface area (Å²) >= 11 is 0. The van der Waals surface area contributed by atoms with Gasteiger partial charge in [0.25, 0.3) is 5.91 Å². The minimum Gasteiger partial charge on any atom is -0.481 e. The summed E-state index contributed by atoms with van der Waals surface area (Å²) < 4.78 is 0. The smallest absolute Gasteiger partial charge is 0.310 e. The number of hydrogen-bond donors (Lipinski definition) is 1. The van der Waals surface area contributed by atoms with Crippen LogP contribution in [0.1, 0.15) is 39.9 Å². The zero-order valence-electron chi connectivity index (χ0n) is 13.8. The third-order valence-corrected chi connectivity index (χ3v) is 4.08. The summed E-state index contributed by atoms with van der Waals surface area (Å²) in [5.74, 6) is -1.51. The number of carboxylic acids is 1. The predicted molar refractivity (Wildman–Crippen MR) is 91.1 cm³/mol. The summed E-state index contributed by atoms with van der Waals surface area (Å²) in [4.78, 5) is 25.3. The van der Waals surface area contributed by atoms with Crippen LogP contribution < -0.4 is 4.90 Å². The van der Waals surface area contributed by atoms with Crippen LogP contribution in [0.2, 0.25) is 0 Å². The van der Waals surface area contributed by atoms with Crippen molar-refractivity contribution in [1.82, 2.24) is 0 Å². The van der Waals surface area contributed by atoms with Crippen LogP contribution in [0.4, 0.5) is 5.69 Å². The van der Waals surface area contributed by atoms with Crippen molar-refractivity contribution in [3.8, 4) is 0 Å². The second-order valence-electron chi connectivity index (χ2n) is 5.83. The van der Waals surface area contributed by atoms with Gasteiger partial charge in [0.15, 0.2) is 0 Å². The standard InChI is InChI=1S/C19H21NO3/c1-12-5-6-13(2)17(11-12)18(21)20(4)16-9-7-15(8-10-16)14(3)19(22)23/h5-11,14H,1-4H3,(H,22,23). The summed E-state index contributed by atoms with van der Waals surface area (Å²) in [6.45, 7) is 5.51. The molecule has 4 heteroatoms. The number of hydrogen-bond acceptors (Lipinski definition) is 2. The van der Waals surface area contributed by atoms with E-state index in [1.165, 1.54) is 0 Å². The van der Waals surface area contributed by atoms with E-state index in [1.807, 2.05) is 32.0 Å². The van der Waals surface area contributed by atoms with E-state index < -0.39 is 11.9 Å². The van der Waals surface area contributed by atoms with Gasteiger partial charge in [-0.05, 0) is 50.1 Å². The molecule has 1 unspecified atom stereocenters. The van der Waals surface area contributed by atoms with Gasteiger partial charge in [-0.2, -0.15) is 0 Å². The van der Waals surface area contributed by atoms with Crippen molar-refractivity contribution in [3.63, 3.8) is 0 Å². The second-order valence-corrected chi connectivity index (χ2v) is 5.83. The van der Waals surface area contributed by atoms with Crippen LogP contribution in [0.25, 0.3) is 0 Å². The largest absolute Gasteiger partial charge is 0.481 e. The Hall–Kier alpha value is -2.62. The predicted octanol–water partition coefficient (Wildman–Crippen LogP) is 3.77. The van der Waals surface area contributed by atoms with Crippen LogP contribution >= 0.6 is 0 Å². The van der Waals surface area contributed by atoms with Gasteiger partial charge in [0.2, 0.25) is 0 Å². The van der Waals surface area contributed by atoms with Crippen molar-refractivity contribution in [3.05, 3.63) is 64.7 Å². The molecule has 2 aromatic rings. The van der Waals surface area contributed by atoms with Crippen LogP contribution in [0, 0.1) is 13.8 Å². The molecule has 0 aromatic heterocycles. The molecule has 120 valence electrons. The van der Waals surface area contributed by atoms with Crippen molar-refractivity contribution in [2.45, 2.75) is 26.7 Å². The minimum absolute atomic E-state index is 0.0785. The van der Waals surface area contributed by atoms with Gasteiger partial charge in [0.05, 0.1) is 5.92 Å². The van der Waals surface area contributed by atoms with Gasteiger partial charge in [-0.25, -0.2) is 0 Å². The molecule has 2 aromatic carbocycles. The van der Waals surface area contributed by atoms with Gasteiger partial charge in [-0.15, -0.1) is 0 Å². The molecule has 0 fully saturated rings. The molecule has 2 rings (SSSR count). The van der Waals surface area contributed by atoms with Crippen LogP contribution in [-0.2, 0) is 4.79 Å². The van der Waals surface area contributed by atoms with E-state index in [2.05, 4.69) is 0 Å². The molecule has 0 saturated heterocycles. The molecule has 0 aliphatic rings. The quantitative estimate of drug-likeness (QED) is 0.935. The van der Waals surface area contributed by atoms with E-state index in [-0.39, 0.29) is 5.91 Å². The number of aliphatic carboxylic acids is 1. The Labute approximate surface area is 136 Å². The van der Waals surface area contributed by atoms with E-state index in [9.17, 15) is 9.59 Å². The van der Waals surface area contributed by atoms with Crippen LogP contribution in [0.5, 0.6) is 0 Å². The van der Waals surface area contributed by atoms with Gasteiger partial charge in [-0.3, -0.25) is 9.59 Å². The van der Waals surface area contributed by atoms with E-state index in [0.29, 0.717) is 11.1 Å². The van der Waals surface area contributed by atoms with Gasteiger partial charge in [-0.1, -0.05) is 29.8 Å². The van der Waals surface area contributed by atoms with E-state index in [4.69, 9.17) is 5.11 Å². The lowest BCUT2D eigenvalue weighted by Crippen LogP contribution is -2.27. The topological polar surface area (TPSA) is 57.6 Å². The second kappa shape index (κ2) is 6.65.